The third-order valence-electron chi connectivity index (χ3n) is 3.81. The van der Waals surface area contributed by atoms with E-state index in [2.05, 4.69) is 39.9 Å². The van der Waals surface area contributed by atoms with Crippen LogP contribution in [0.3, 0.4) is 0 Å². The molecule has 3 aromatic rings. The van der Waals surface area contributed by atoms with E-state index in [1.165, 1.54) is 5.56 Å². The minimum absolute atomic E-state index is 0.132. The van der Waals surface area contributed by atoms with Gasteiger partial charge in [-0.15, -0.1) is 10.2 Å². The van der Waals surface area contributed by atoms with Crippen LogP contribution in [0.5, 0.6) is 5.75 Å². The number of thioether (sulfide) groups is 1. The Morgan fingerprint density at radius 1 is 1.12 bits per heavy atom. The van der Waals surface area contributed by atoms with Crippen molar-refractivity contribution in [3.05, 3.63) is 66.2 Å². The predicted octanol–water partition coefficient (Wildman–Crippen LogP) is 4.03. The zero-order valence-corrected chi connectivity index (χ0v) is 14.6. The second kappa shape index (κ2) is 7.03. The van der Waals surface area contributed by atoms with Crippen LogP contribution in [0.1, 0.15) is 12.5 Å². The second-order valence-electron chi connectivity index (χ2n) is 5.54. The van der Waals surface area contributed by atoms with Crippen molar-refractivity contribution in [2.24, 2.45) is 0 Å². The fourth-order valence-electron chi connectivity index (χ4n) is 2.63. The van der Waals surface area contributed by atoms with E-state index in [-0.39, 0.29) is 5.37 Å². The first-order valence-corrected chi connectivity index (χ1v) is 9.06. The van der Waals surface area contributed by atoms with Crippen molar-refractivity contribution in [3.8, 4) is 17.1 Å². The van der Waals surface area contributed by atoms with Crippen LogP contribution in [0, 0.1) is 0 Å². The lowest BCUT2D eigenvalue weighted by Gasteiger charge is -2.09. The van der Waals surface area contributed by atoms with Gasteiger partial charge in [0.15, 0.2) is 5.82 Å². The topological polar surface area (TPSA) is 52.0 Å². The number of hydrogen-bond donors (Lipinski definition) is 1. The normalized spacial score (nSPS) is 16.0. The molecule has 126 valence electrons. The van der Waals surface area contributed by atoms with Gasteiger partial charge < -0.3 is 10.2 Å². The lowest BCUT2D eigenvalue weighted by Crippen LogP contribution is -2.17. The minimum atomic E-state index is 0.132. The van der Waals surface area contributed by atoms with E-state index in [1.54, 1.807) is 11.8 Å². The predicted molar refractivity (Wildman–Crippen MR) is 101 cm³/mol. The molecule has 1 aromatic heterocycles. The molecule has 5 nitrogen and oxygen atoms in total. The Kier molecular flexibility index (Phi) is 4.43. The van der Waals surface area contributed by atoms with Gasteiger partial charge in [-0.3, -0.25) is 0 Å². The highest BCUT2D eigenvalue weighted by atomic mass is 32.2. The van der Waals surface area contributed by atoms with Crippen molar-refractivity contribution in [2.45, 2.75) is 17.5 Å². The molecule has 1 aliphatic heterocycles. The highest BCUT2D eigenvalue weighted by Gasteiger charge is 2.25. The van der Waals surface area contributed by atoms with Crippen LogP contribution >= 0.6 is 11.8 Å². The number of nitrogens with zero attached hydrogens (tertiary/aromatic N) is 3. The van der Waals surface area contributed by atoms with Crippen LogP contribution in [0.25, 0.3) is 17.5 Å². The van der Waals surface area contributed by atoms with Crippen molar-refractivity contribution in [1.82, 2.24) is 14.9 Å². The second-order valence-corrected chi connectivity index (χ2v) is 6.65. The Morgan fingerprint density at radius 2 is 1.92 bits per heavy atom. The Balaban J connectivity index is 1.50. The molecule has 2 heterocycles. The van der Waals surface area contributed by atoms with Crippen LogP contribution in [-0.2, 0) is 0 Å². The Hall–Kier alpha value is -2.73. The van der Waals surface area contributed by atoms with Crippen LogP contribution < -0.4 is 10.2 Å². The van der Waals surface area contributed by atoms with E-state index in [9.17, 15) is 0 Å². The molecule has 1 N–H and O–H groups in total. The molecule has 0 bridgehead atoms. The lowest BCUT2D eigenvalue weighted by atomic mass is 10.2. The molecule has 0 saturated carbocycles. The van der Waals surface area contributed by atoms with E-state index in [1.807, 2.05) is 54.1 Å². The average molecular weight is 350 g/mol. The maximum Gasteiger partial charge on any atom is 0.212 e. The fraction of sp³-hybridized carbons (Fsp3) is 0.158. The van der Waals surface area contributed by atoms with E-state index in [0.717, 1.165) is 22.3 Å². The van der Waals surface area contributed by atoms with E-state index >= 15 is 0 Å². The zero-order chi connectivity index (χ0) is 17.1. The number of ether oxygens (including phenoxy) is 1. The standard InChI is InChI=1S/C19H18N4OS/c1-2-24-16-11-9-15(10-12-16)18-20-21-19-23(18)22-17(25-19)13-8-14-6-4-3-5-7-14/h3-13,17,22H,2H2,1H3/b13-8+/t17-/m0/s1. The van der Waals surface area contributed by atoms with Gasteiger partial charge in [-0.2, -0.15) is 0 Å². The molecule has 6 heteroatoms. The van der Waals surface area contributed by atoms with E-state index in [4.69, 9.17) is 4.74 Å². The summed E-state index contributed by atoms with van der Waals surface area (Å²) in [4.78, 5) is 0. The molecule has 0 saturated heterocycles. The summed E-state index contributed by atoms with van der Waals surface area (Å²) >= 11 is 1.65. The Labute approximate surface area is 150 Å². The molecule has 1 aliphatic rings. The molecule has 0 amide bonds. The summed E-state index contributed by atoms with van der Waals surface area (Å²) in [5.41, 5.74) is 5.61. The van der Waals surface area contributed by atoms with Crippen LogP contribution in [0.15, 0.2) is 65.8 Å². The van der Waals surface area contributed by atoms with Gasteiger partial charge >= 0.3 is 0 Å². The summed E-state index contributed by atoms with van der Waals surface area (Å²) in [7, 11) is 0. The Morgan fingerprint density at radius 3 is 2.68 bits per heavy atom. The molecular weight excluding hydrogens is 332 g/mol. The number of hydrogen-bond acceptors (Lipinski definition) is 5. The monoisotopic (exact) mass is 350 g/mol. The molecule has 2 aromatic carbocycles. The highest BCUT2D eigenvalue weighted by Crippen LogP contribution is 2.32. The first-order valence-electron chi connectivity index (χ1n) is 8.18. The number of benzene rings is 2. The molecule has 0 unspecified atom stereocenters. The van der Waals surface area contributed by atoms with Crippen molar-refractivity contribution in [3.63, 3.8) is 0 Å². The van der Waals surface area contributed by atoms with Crippen molar-refractivity contribution in [2.75, 3.05) is 12.0 Å². The Bertz CT molecular complexity index is 874. The molecule has 25 heavy (non-hydrogen) atoms. The van der Waals surface area contributed by atoms with Gasteiger partial charge in [-0.25, -0.2) is 4.68 Å². The zero-order valence-electron chi connectivity index (χ0n) is 13.8. The SMILES string of the molecule is CCOc1ccc(-c2nnc3n2N[C@H](/C=C/c2ccccc2)S3)cc1. The summed E-state index contributed by atoms with van der Waals surface area (Å²) in [6, 6.07) is 18.2. The summed E-state index contributed by atoms with van der Waals surface area (Å²) in [5.74, 6) is 1.67. The minimum Gasteiger partial charge on any atom is -0.494 e. The smallest absolute Gasteiger partial charge is 0.212 e. The largest absolute Gasteiger partial charge is 0.494 e. The van der Waals surface area contributed by atoms with Crippen LogP contribution in [-0.4, -0.2) is 26.9 Å². The van der Waals surface area contributed by atoms with Crippen LogP contribution in [0.2, 0.25) is 0 Å². The summed E-state index contributed by atoms with van der Waals surface area (Å²) in [6.45, 7) is 2.64. The van der Waals surface area contributed by atoms with Gasteiger partial charge in [-0.05, 0) is 42.8 Å². The third kappa shape index (κ3) is 3.39. The van der Waals surface area contributed by atoms with Crippen molar-refractivity contribution < 1.29 is 4.74 Å². The molecule has 0 spiro atoms. The third-order valence-corrected chi connectivity index (χ3v) is 4.80. The van der Waals surface area contributed by atoms with Gasteiger partial charge in [0.25, 0.3) is 0 Å². The van der Waals surface area contributed by atoms with Crippen molar-refractivity contribution >= 4 is 17.8 Å². The summed E-state index contributed by atoms with van der Waals surface area (Å²) < 4.78 is 7.43. The van der Waals surface area contributed by atoms with Gasteiger partial charge in [0, 0.05) is 5.56 Å². The van der Waals surface area contributed by atoms with Crippen LogP contribution in [0.4, 0.5) is 0 Å². The first kappa shape index (κ1) is 15.8. The molecule has 0 fully saturated rings. The lowest BCUT2D eigenvalue weighted by molar-refractivity contribution is 0.340. The molecule has 4 rings (SSSR count). The molecule has 0 radical (unpaired) electrons. The van der Waals surface area contributed by atoms with E-state index in [0.29, 0.717) is 6.61 Å². The molecular formula is C19H18N4OS. The maximum absolute atomic E-state index is 5.49. The maximum atomic E-state index is 5.49. The number of fused-ring (bicyclic) bond motifs is 1. The van der Waals surface area contributed by atoms with Gasteiger partial charge in [0.2, 0.25) is 5.16 Å². The number of rotatable bonds is 5. The van der Waals surface area contributed by atoms with E-state index < -0.39 is 0 Å². The number of aromatic nitrogens is 3. The summed E-state index contributed by atoms with van der Waals surface area (Å²) in [5, 5.41) is 9.59. The van der Waals surface area contributed by atoms with Crippen molar-refractivity contribution in [1.29, 1.82) is 0 Å². The number of nitrogens with one attached hydrogen (secondary N) is 1. The molecule has 0 aliphatic carbocycles. The van der Waals surface area contributed by atoms with Gasteiger partial charge in [0.05, 0.1) is 6.61 Å². The molecule has 1 atom stereocenters. The first-order chi connectivity index (χ1) is 12.3. The average Bonchev–Trinajstić information content (AvgIpc) is 3.22. The quantitative estimate of drug-likeness (QED) is 0.753. The highest BCUT2D eigenvalue weighted by molar-refractivity contribution is 8.00. The summed E-state index contributed by atoms with van der Waals surface area (Å²) in [6.07, 6.45) is 4.25. The van der Waals surface area contributed by atoms with Gasteiger partial charge in [0.1, 0.15) is 11.1 Å². The van der Waals surface area contributed by atoms with Gasteiger partial charge in [-0.1, -0.05) is 48.2 Å². The fourth-order valence-corrected chi connectivity index (χ4v) is 3.50.